The summed E-state index contributed by atoms with van der Waals surface area (Å²) in [6.45, 7) is 4.69. The van der Waals surface area contributed by atoms with Crippen LogP contribution in [0.4, 0.5) is 0 Å². The van der Waals surface area contributed by atoms with E-state index in [1.807, 2.05) is 31.2 Å². The molecule has 0 radical (unpaired) electrons. The molecule has 0 bridgehead atoms. The van der Waals surface area contributed by atoms with Gasteiger partial charge in [-0.3, -0.25) is 14.6 Å². The van der Waals surface area contributed by atoms with Gasteiger partial charge in [0.15, 0.2) is 5.96 Å². The molecule has 1 heterocycles. The zero-order chi connectivity index (χ0) is 18.9. The van der Waals surface area contributed by atoms with Gasteiger partial charge < -0.3 is 20.3 Å². The number of ether oxygens (including phenoxy) is 1. The Labute approximate surface area is 154 Å². The number of rotatable bonds is 5. The Kier molecular flexibility index (Phi) is 7.44. The van der Waals surface area contributed by atoms with E-state index in [4.69, 9.17) is 4.74 Å². The van der Waals surface area contributed by atoms with Crippen LogP contribution in [0.5, 0.6) is 0 Å². The fourth-order valence-corrected chi connectivity index (χ4v) is 3.04. The average Bonchev–Trinajstić information content (AvgIpc) is 2.69. The van der Waals surface area contributed by atoms with E-state index >= 15 is 0 Å². The number of carbonyl (C=O) groups excluding carboxylic acids is 2. The molecule has 1 fully saturated rings. The van der Waals surface area contributed by atoms with E-state index in [0.29, 0.717) is 18.7 Å². The van der Waals surface area contributed by atoms with Crippen LogP contribution >= 0.6 is 0 Å². The van der Waals surface area contributed by atoms with E-state index in [2.05, 4.69) is 20.5 Å². The molecule has 1 aliphatic rings. The van der Waals surface area contributed by atoms with Gasteiger partial charge in [-0.05, 0) is 37.5 Å². The highest BCUT2D eigenvalue weighted by atomic mass is 16.5. The molecule has 0 atom stereocenters. The Bertz CT molecular complexity index is 635. The van der Waals surface area contributed by atoms with Gasteiger partial charge in [-0.25, -0.2) is 0 Å². The second kappa shape index (κ2) is 9.79. The third-order valence-electron chi connectivity index (χ3n) is 4.54. The second-order valence-electron chi connectivity index (χ2n) is 6.24. The number of guanidine groups is 1. The van der Waals surface area contributed by atoms with Gasteiger partial charge in [-0.1, -0.05) is 12.1 Å². The number of nitrogens with one attached hydrogen (secondary N) is 2. The minimum Gasteiger partial charge on any atom is -0.469 e. The number of amides is 1. The van der Waals surface area contributed by atoms with Crippen molar-refractivity contribution < 1.29 is 14.3 Å². The average molecular weight is 360 g/mol. The van der Waals surface area contributed by atoms with Crippen LogP contribution in [-0.4, -0.2) is 56.5 Å². The molecule has 1 amide bonds. The molecule has 0 spiro atoms. The predicted molar refractivity (Wildman–Crippen MR) is 101 cm³/mol. The molecule has 2 rings (SSSR count). The van der Waals surface area contributed by atoms with E-state index < -0.39 is 0 Å². The van der Waals surface area contributed by atoms with Gasteiger partial charge in [0, 0.05) is 38.8 Å². The first-order chi connectivity index (χ1) is 12.6. The van der Waals surface area contributed by atoms with E-state index in [9.17, 15) is 9.59 Å². The van der Waals surface area contributed by atoms with Crippen molar-refractivity contribution in [1.29, 1.82) is 0 Å². The smallest absolute Gasteiger partial charge is 0.308 e. The molecule has 1 aromatic rings. The lowest BCUT2D eigenvalue weighted by molar-refractivity contribution is -0.146. The van der Waals surface area contributed by atoms with Crippen molar-refractivity contribution in [3.8, 4) is 0 Å². The number of esters is 1. The van der Waals surface area contributed by atoms with Crippen molar-refractivity contribution in [3.05, 3.63) is 35.4 Å². The summed E-state index contributed by atoms with van der Waals surface area (Å²) < 4.78 is 4.83. The molecule has 0 saturated carbocycles. The maximum Gasteiger partial charge on any atom is 0.308 e. The predicted octanol–water partition coefficient (Wildman–Crippen LogP) is 1.40. The van der Waals surface area contributed by atoms with Crippen LogP contribution in [0, 0.1) is 5.92 Å². The molecular formula is C19H28N4O3. The highest BCUT2D eigenvalue weighted by Gasteiger charge is 2.26. The summed E-state index contributed by atoms with van der Waals surface area (Å²) in [7, 11) is 3.19. The molecule has 2 N–H and O–H groups in total. The SMILES string of the molecule is CCNC(=O)c1ccc(CNC(=NC)N2CCC(C(=O)OC)CC2)cc1. The number of benzene rings is 1. The molecule has 1 aromatic carbocycles. The quantitative estimate of drug-likeness (QED) is 0.471. The maximum absolute atomic E-state index is 11.8. The number of piperidine rings is 1. The van der Waals surface area contributed by atoms with Crippen LogP contribution in [0.3, 0.4) is 0 Å². The summed E-state index contributed by atoms with van der Waals surface area (Å²) >= 11 is 0. The van der Waals surface area contributed by atoms with Crippen LogP contribution in [-0.2, 0) is 16.1 Å². The zero-order valence-corrected chi connectivity index (χ0v) is 15.7. The van der Waals surface area contributed by atoms with E-state index in [0.717, 1.165) is 37.5 Å². The summed E-state index contributed by atoms with van der Waals surface area (Å²) in [6.07, 6.45) is 1.54. The number of hydrogen-bond donors (Lipinski definition) is 2. The fraction of sp³-hybridized carbons (Fsp3) is 0.526. The lowest BCUT2D eigenvalue weighted by Crippen LogP contribution is -2.46. The molecule has 1 aliphatic heterocycles. The molecular weight excluding hydrogens is 332 g/mol. The summed E-state index contributed by atoms with van der Waals surface area (Å²) in [5, 5.41) is 6.13. The summed E-state index contributed by atoms with van der Waals surface area (Å²) in [5.74, 6) is 0.619. The normalized spacial score (nSPS) is 15.5. The molecule has 26 heavy (non-hydrogen) atoms. The number of carbonyl (C=O) groups is 2. The van der Waals surface area contributed by atoms with Crippen LogP contribution in [0.1, 0.15) is 35.7 Å². The first kappa shape index (κ1) is 19.8. The maximum atomic E-state index is 11.8. The summed E-state index contributed by atoms with van der Waals surface area (Å²) in [4.78, 5) is 29.9. The molecule has 142 valence electrons. The van der Waals surface area contributed by atoms with Gasteiger partial charge >= 0.3 is 5.97 Å². The number of nitrogens with zero attached hydrogens (tertiary/aromatic N) is 2. The van der Waals surface area contributed by atoms with Crippen LogP contribution in [0.2, 0.25) is 0 Å². The Morgan fingerprint density at radius 1 is 1.19 bits per heavy atom. The van der Waals surface area contributed by atoms with Gasteiger partial charge in [0.25, 0.3) is 5.91 Å². The first-order valence-corrected chi connectivity index (χ1v) is 8.99. The topological polar surface area (TPSA) is 83.0 Å². The van der Waals surface area contributed by atoms with Crippen molar-refractivity contribution in [2.45, 2.75) is 26.3 Å². The van der Waals surface area contributed by atoms with Gasteiger partial charge in [-0.2, -0.15) is 0 Å². The third-order valence-corrected chi connectivity index (χ3v) is 4.54. The van der Waals surface area contributed by atoms with E-state index in [-0.39, 0.29) is 17.8 Å². The fourth-order valence-electron chi connectivity index (χ4n) is 3.04. The molecule has 0 aliphatic carbocycles. The van der Waals surface area contributed by atoms with Crippen molar-refractivity contribution in [3.63, 3.8) is 0 Å². The minimum atomic E-state index is -0.125. The lowest BCUT2D eigenvalue weighted by Gasteiger charge is -2.33. The third kappa shape index (κ3) is 5.21. The Morgan fingerprint density at radius 2 is 1.85 bits per heavy atom. The van der Waals surface area contributed by atoms with Crippen molar-refractivity contribution in [1.82, 2.24) is 15.5 Å². The molecule has 7 heteroatoms. The summed E-state index contributed by atoms with van der Waals surface area (Å²) in [6, 6.07) is 7.53. The zero-order valence-electron chi connectivity index (χ0n) is 15.7. The van der Waals surface area contributed by atoms with E-state index in [1.165, 1.54) is 7.11 Å². The molecule has 0 unspecified atom stereocenters. The van der Waals surface area contributed by atoms with Gasteiger partial charge in [0.2, 0.25) is 0 Å². The Balaban J connectivity index is 1.86. The van der Waals surface area contributed by atoms with Crippen LogP contribution in [0.25, 0.3) is 0 Å². The highest BCUT2D eigenvalue weighted by molar-refractivity contribution is 5.94. The van der Waals surface area contributed by atoms with Gasteiger partial charge in [0.05, 0.1) is 13.0 Å². The lowest BCUT2D eigenvalue weighted by atomic mass is 9.97. The van der Waals surface area contributed by atoms with Crippen molar-refractivity contribution in [2.24, 2.45) is 10.9 Å². The van der Waals surface area contributed by atoms with Crippen molar-refractivity contribution >= 4 is 17.8 Å². The van der Waals surface area contributed by atoms with Crippen LogP contribution < -0.4 is 10.6 Å². The molecule has 7 nitrogen and oxygen atoms in total. The van der Waals surface area contributed by atoms with Gasteiger partial charge in [-0.15, -0.1) is 0 Å². The Morgan fingerprint density at radius 3 is 2.38 bits per heavy atom. The number of hydrogen-bond acceptors (Lipinski definition) is 4. The van der Waals surface area contributed by atoms with Gasteiger partial charge in [0.1, 0.15) is 0 Å². The van der Waals surface area contributed by atoms with E-state index in [1.54, 1.807) is 7.05 Å². The Hall–Kier alpha value is -2.57. The molecule has 0 aromatic heterocycles. The monoisotopic (exact) mass is 360 g/mol. The highest BCUT2D eigenvalue weighted by Crippen LogP contribution is 2.18. The second-order valence-corrected chi connectivity index (χ2v) is 6.24. The molecule has 1 saturated heterocycles. The number of likely N-dealkylation sites (tertiary alicyclic amines) is 1. The minimum absolute atomic E-state index is 0.0174. The number of aliphatic imine (C=N–C) groups is 1. The standard InChI is InChI=1S/C19H28N4O3/c1-4-21-17(24)15-7-5-14(6-8-15)13-22-19(20-2)23-11-9-16(10-12-23)18(25)26-3/h5-8,16H,4,9-13H2,1-3H3,(H,20,22)(H,21,24). The number of methoxy groups -OCH3 is 1. The largest absolute Gasteiger partial charge is 0.469 e. The van der Waals surface area contributed by atoms with Crippen LogP contribution in [0.15, 0.2) is 29.3 Å². The van der Waals surface area contributed by atoms with Crippen molar-refractivity contribution in [2.75, 3.05) is 33.8 Å². The first-order valence-electron chi connectivity index (χ1n) is 8.99. The summed E-state index contributed by atoms with van der Waals surface area (Å²) in [5.41, 5.74) is 1.73.